The molecule has 2 aromatic rings. The summed E-state index contributed by atoms with van der Waals surface area (Å²) in [6, 6.07) is 8.26. The number of amides is 2. The lowest BCUT2D eigenvalue weighted by Gasteiger charge is -2.33. The lowest BCUT2D eigenvalue weighted by atomic mass is 9.96. The van der Waals surface area contributed by atoms with E-state index in [4.69, 9.17) is 5.10 Å². The molecule has 2 amide bonds. The molecule has 28 heavy (non-hydrogen) atoms. The topological polar surface area (TPSA) is 58.4 Å². The van der Waals surface area contributed by atoms with Crippen LogP contribution in [0.2, 0.25) is 0 Å². The summed E-state index contributed by atoms with van der Waals surface area (Å²) in [6.07, 6.45) is 4.61. The van der Waals surface area contributed by atoms with E-state index in [0.29, 0.717) is 18.8 Å². The number of likely N-dealkylation sites (tertiary alicyclic amines) is 1. The fraction of sp³-hybridized carbons (Fsp3) is 0.500. The third-order valence-corrected chi connectivity index (χ3v) is 5.91. The Morgan fingerprint density at radius 1 is 1.11 bits per heavy atom. The summed E-state index contributed by atoms with van der Waals surface area (Å²) in [5.74, 6) is -0.0342. The van der Waals surface area contributed by atoms with Gasteiger partial charge in [-0.25, -0.2) is 4.68 Å². The normalized spacial score (nSPS) is 18.8. The van der Waals surface area contributed by atoms with Crippen molar-refractivity contribution in [2.45, 2.75) is 39.0 Å². The largest absolute Gasteiger partial charge is 0.349 e. The van der Waals surface area contributed by atoms with E-state index >= 15 is 0 Å². The smallest absolute Gasteiger partial charge is 0.274 e. The molecule has 4 rings (SSSR count). The second-order valence-electron chi connectivity index (χ2n) is 8.20. The SMILES string of the molecule is Cc1ccc(-n2nc(C(=O)N3CCC[C@H](C(=O)N(C)C)C3)c3c2CCC3)cc1. The summed E-state index contributed by atoms with van der Waals surface area (Å²) >= 11 is 0. The molecule has 0 bridgehead atoms. The Bertz CT molecular complexity index is 898. The number of fused-ring (bicyclic) bond motifs is 1. The van der Waals surface area contributed by atoms with E-state index in [9.17, 15) is 9.59 Å². The molecular weight excluding hydrogens is 352 g/mol. The number of aryl methyl sites for hydroxylation is 1. The lowest BCUT2D eigenvalue weighted by molar-refractivity contribution is -0.134. The van der Waals surface area contributed by atoms with Gasteiger partial charge in [0.2, 0.25) is 5.91 Å². The van der Waals surface area contributed by atoms with Gasteiger partial charge in [-0.3, -0.25) is 9.59 Å². The van der Waals surface area contributed by atoms with Crippen LogP contribution >= 0.6 is 0 Å². The van der Waals surface area contributed by atoms with Crippen LogP contribution in [-0.4, -0.2) is 58.6 Å². The van der Waals surface area contributed by atoms with Crippen molar-refractivity contribution in [2.75, 3.05) is 27.2 Å². The molecule has 2 aliphatic rings. The van der Waals surface area contributed by atoms with Gasteiger partial charge in [-0.2, -0.15) is 5.10 Å². The third kappa shape index (κ3) is 3.32. The molecule has 1 fully saturated rings. The standard InChI is InChI=1S/C22H28N4O2/c1-15-9-11-17(12-10-15)26-19-8-4-7-18(19)20(23-26)22(28)25-13-5-6-16(14-25)21(27)24(2)3/h9-12,16H,4-8,13-14H2,1-3H3/t16-/m0/s1. The second kappa shape index (κ2) is 7.41. The van der Waals surface area contributed by atoms with Crippen LogP contribution in [0, 0.1) is 12.8 Å². The molecule has 2 heterocycles. The monoisotopic (exact) mass is 380 g/mol. The molecule has 6 nitrogen and oxygen atoms in total. The van der Waals surface area contributed by atoms with Crippen LogP contribution in [0.15, 0.2) is 24.3 Å². The van der Waals surface area contributed by atoms with Gasteiger partial charge < -0.3 is 9.80 Å². The van der Waals surface area contributed by atoms with Crippen molar-refractivity contribution in [3.05, 3.63) is 46.8 Å². The average Bonchev–Trinajstić information content (AvgIpc) is 3.30. The van der Waals surface area contributed by atoms with Crippen LogP contribution in [0.4, 0.5) is 0 Å². The molecule has 6 heteroatoms. The number of carbonyl (C=O) groups excluding carboxylic acids is 2. The van der Waals surface area contributed by atoms with Crippen LogP contribution in [-0.2, 0) is 17.6 Å². The molecule has 1 aliphatic carbocycles. The zero-order valence-corrected chi connectivity index (χ0v) is 16.9. The molecule has 1 aromatic carbocycles. The van der Waals surface area contributed by atoms with Crippen LogP contribution in [0.25, 0.3) is 5.69 Å². The molecule has 0 unspecified atom stereocenters. The highest BCUT2D eigenvalue weighted by molar-refractivity contribution is 5.95. The highest BCUT2D eigenvalue weighted by Gasteiger charge is 2.34. The highest BCUT2D eigenvalue weighted by Crippen LogP contribution is 2.30. The van der Waals surface area contributed by atoms with Gasteiger partial charge >= 0.3 is 0 Å². The maximum absolute atomic E-state index is 13.3. The first-order chi connectivity index (χ1) is 13.5. The predicted octanol–water partition coefficient (Wildman–Crippen LogP) is 2.61. The number of aromatic nitrogens is 2. The van der Waals surface area contributed by atoms with Crippen molar-refractivity contribution < 1.29 is 9.59 Å². The molecule has 1 aliphatic heterocycles. The average molecular weight is 380 g/mol. The van der Waals surface area contributed by atoms with Gasteiger partial charge in [0.05, 0.1) is 11.6 Å². The summed E-state index contributed by atoms with van der Waals surface area (Å²) < 4.78 is 1.95. The fourth-order valence-electron chi connectivity index (χ4n) is 4.39. The van der Waals surface area contributed by atoms with Crippen molar-refractivity contribution in [3.8, 4) is 5.69 Å². The lowest BCUT2D eigenvalue weighted by Crippen LogP contribution is -2.45. The van der Waals surface area contributed by atoms with Crippen molar-refractivity contribution >= 4 is 11.8 Å². The summed E-state index contributed by atoms with van der Waals surface area (Å²) in [6.45, 7) is 3.25. The third-order valence-electron chi connectivity index (χ3n) is 5.91. The van der Waals surface area contributed by atoms with Crippen LogP contribution in [0.3, 0.4) is 0 Å². The minimum Gasteiger partial charge on any atom is -0.349 e. The Kier molecular flexibility index (Phi) is 4.96. The number of benzene rings is 1. The van der Waals surface area contributed by atoms with Gasteiger partial charge in [0, 0.05) is 38.4 Å². The van der Waals surface area contributed by atoms with E-state index in [2.05, 4.69) is 31.2 Å². The van der Waals surface area contributed by atoms with E-state index < -0.39 is 0 Å². The zero-order valence-electron chi connectivity index (χ0n) is 16.9. The molecular formula is C22H28N4O2. The zero-order chi connectivity index (χ0) is 19.8. The van der Waals surface area contributed by atoms with E-state index in [1.54, 1.807) is 19.0 Å². The summed E-state index contributed by atoms with van der Waals surface area (Å²) in [4.78, 5) is 29.2. The first kappa shape index (κ1) is 18.7. The number of hydrogen-bond donors (Lipinski definition) is 0. The van der Waals surface area contributed by atoms with Gasteiger partial charge in [-0.05, 0) is 51.2 Å². The van der Waals surface area contributed by atoms with Crippen molar-refractivity contribution in [2.24, 2.45) is 5.92 Å². The van der Waals surface area contributed by atoms with Gasteiger partial charge in [-0.1, -0.05) is 17.7 Å². The van der Waals surface area contributed by atoms with Gasteiger partial charge in [0.15, 0.2) is 5.69 Å². The minimum atomic E-state index is -0.111. The Labute approximate surface area is 166 Å². The first-order valence-corrected chi connectivity index (χ1v) is 10.1. The number of nitrogens with zero attached hydrogens (tertiary/aromatic N) is 4. The number of carbonyl (C=O) groups is 2. The number of hydrogen-bond acceptors (Lipinski definition) is 3. The maximum Gasteiger partial charge on any atom is 0.274 e. The molecule has 1 saturated heterocycles. The molecule has 0 spiro atoms. The first-order valence-electron chi connectivity index (χ1n) is 10.1. The van der Waals surface area contributed by atoms with Crippen LogP contribution < -0.4 is 0 Å². The van der Waals surface area contributed by atoms with Gasteiger partial charge in [-0.15, -0.1) is 0 Å². The van der Waals surface area contributed by atoms with Crippen molar-refractivity contribution in [1.29, 1.82) is 0 Å². The van der Waals surface area contributed by atoms with Crippen LogP contribution in [0.5, 0.6) is 0 Å². The fourth-order valence-corrected chi connectivity index (χ4v) is 4.39. The Balaban J connectivity index is 1.62. The molecule has 0 radical (unpaired) electrons. The summed E-state index contributed by atoms with van der Waals surface area (Å²) in [7, 11) is 3.55. The van der Waals surface area contributed by atoms with Crippen molar-refractivity contribution in [3.63, 3.8) is 0 Å². The Morgan fingerprint density at radius 3 is 2.57 bits per heavy atom. The van der Waals surface area contributed by atoms with E-state index in [0.717, 1.165) is 49.0 Å². The molecule has 1 aromatic heterocycles. The van der Waals surface area contributed by atoms with Gasteiger partial charge in [0.25, 0.3) is 5.91 Å². The molecule has 148 valence electrons. The Hall–Kier alpha value is -2.63. The molecule has 1 atom stereocenters. The minimum absolute atomic E-state index is 0.0275. The van der Waals surface area contributed by atoms with E-state index in [1.807, 2.05) is 9.58 Å². The molecule has 0 N–H and O–H groups in total. The highest BCUT2D eigenvalue weighted by atomic mass is 16.2. The quantitative estimate of drug-likeness (QED) is 0.822. The van der Waals surface area contributed by atoms with E-state index in [-0.39, 0.29) is 17.7 Å². The number of rotatable bonds is 3. The Morgan fingerprint density at radius 2 is 1.86 bits per heavy atom. The number of piperidine rings is 1. The summed E-state index contributed by atoms with van der Waals surface area (Å²) in [5.41, 5.74) is 5.03. The molecule has 0 saturated carbocycles. The van der Waals surface area contributed by atoms with Crippen LogP contribution in [0.1, 0.15) is 46.6 Å². The summed E-state index contributed by atoms with van der Waals surface area (Å²) in [5, 5.41) is 4.74. The maximum atomic E-state index is 13.3. The second-order valence-corrected chi connectivity index (χ2v) is 8.20. The van der Waals surface area contributed by atoms with Gasteiger partial charge in [0.1, 0.15) is 0 Å². The predicted molar refractivity (Wildman–Crippen MR) is 108 cm³/mol. The van der Waals surface area contributed by atoms with Crippen molar-refractivity contribution in [1.82, 2.24) is 19.6 Å². The van der Waals surface area contributed by atoms with E-state index in [1.165, 1.54) is 5.56 Å².